The highest BCUT2D eigenvalue weighted by Crippen LogP contribution is 2.36. The van der Waals surface area contributed by atoms with Crippen molar-refractivity contribution in [3.8, 4) is 0 Å². The SMILES string of the molecule is FC(F)(F)c1cc(NN=C(Br)c2ccncc2)ccc1Br. The molecule has 1 aromatic heterocycles. The van der Waals surface area contributed by atoms with E-state index in [0.717, 1.165) is 11.6 Å². The summed E-state index contributed by atoms with van der Waals surface area (Å²) in [5.41, 5.74) is 2.81. The van der Waals surface area contributed by atoms with E-state index in [2.05, 4.69) is 47.4 Å². The fourth-order valence-corrected chi connectivity index (χ4v) is 2.30. The van der Waals surface area contributed by atoms with Crippen molar-refractivity contribution < 1.29 is 13.2 Å². The molecule has 1 aromatic carbocycles. The lowest BCUT2D eigenvalue weighted by Crippen LogP contribution is -2.07. The molecular weight excluding hydrogens is 415 g/mol. The molecule has 0 bridgehead atoms. The fraction of sp³-hybridized carbons (Fsp3) is 0.0769. The number of hydrogen-bond acceptors (Lipinski definition) is 3. The Labute approximate surface area is 135 Å². The molecule has 0 spiro atoms. The van der Waals surface area contributed by atoms with Crippen LogP contribution in [-0.2, 0) is 6.18 Å². The number of hydrazone groups is 1. The summed E-state index contributed by atoms with van der Waals surface area (Å²) >= 11 is 6.13. The van der Waals surface area contributed by atoms with Gasteiger partial charge in [-0.2, -0.15) is 18.3 Å². The fourth-order valence-electron chi connectivity index (χ4n) is 1.48. The van der Waals surface area contributed by atoms with E-state index in [1.54, 1.807) is 24.5 Å². The lowest BCUT2D eigenvalue weighted by Gasteiger charge is -2.11. The number of anilines is 1. The minimum absolute atomic E-state index is 0.0160. The quantitative estimate of drug-likeness (QED) is 0.556. The van der Waals surface area contributed by atoms with Gasteiger partial charge < -0.3 is 0 Å². The summed E-state index contributed by atoms with van der Waals surface area (Å²) in [6, 6.07) is 7.24. The zero-order valence-corrected chi connectivity index (χ0v) is 13.5. The van der Waals surface area contributed by atoms with Crippen molar-refractivity contribution in [2.24, 2.45) is 5.10 Å². The van der Waals surface area contributed by atoms with Crippen molar-refractivity contribution in [1.82, 2.24) is 4.98 Å². The van der Waals surface area contributed by atoms with Crippen LogP contribution in [0.15, 0.2) is 52.3 Å². The third-order valence-electron chi connectivity index (χ3n) is 2.47. The number of alkyl halides is 3. The Kier molecular flexibility index (Phi) is 5.00. The second kappa shape index (κ2) is 6.57. The van der Waals surface area contributed by atoms with Crippen LogP contribution in [-0.4, -0.2) is 9.60 Å². The van der Waals surface area contributed by atoms with Crippen LogP contribution in [0.1, 0.15) is 11.1 Å². The number of pyridine rings is 1. The van der Waals surface area contributed by atoms with Gasteiger partial charge in [0.15, 0.2) is 0 Å². The largest absolute Gasteiger partial charge is 0.417 e. The van der Waals surface area contributed by atoms with Crippen molar-refractivity contribution in [3.05, 3.63) is 58.3 Å². The number of nitrogens with zero attached hydrogens (tertiary/aromatic N) is 2. The molecule has 0 amide bonds. The molecule has 0 aliphatic heterocycles. The normalized spacial score (nSPS) is 12.3. The molecule has 8 heteroatoms. The first-order valence-electron chi connectivity index (χ1n) is 5.64. The van der Waals surface area contributed by atoms with E-state index in [4.69, 9.17) is 0 Å². The van der Waals surface area contributed by atoms with Gasteiger partial charge in [0.25, 0.3) is 0 Å². The van der Waals surface area contributed by atoms with Crippen molar-refractivity contribution in [2.75, 3.05) is 5.43 Å². The molecule has 0 unspecified atom stereocenters. The van der Waals surface area contributed by atoms with Gasteiger partial charge in [-0.3, -0.25) is 10.4 Å². The number of benzene rings is 1. The molecule has 21 heavy (non-hydrogen) atoms. The van der Waals surface area contributed by atoms with Gasteiger partial charge >= 0.3 is 6.18 Å². The average Bonchev–Trinajstić information content (AvgIpc) is 2.45. The first kappa shape index (κ1) is 16.0. The first-order chi connectivity index (χ1) is 9.88. The van der Waals surface area contributed by atoms with Gasteiger partial charge in [-0.25, -0.2) is 0 Å². The smallest absolute Gasteiger partial charge is 0.277 e. The van der Waals surface area contributed by atoms with Gasteiger partial charge in [-0.1, -0.05) is 15.9 Å². The number of nitrogens with one attached hydrogen (secondary N) is 1. The Morgan fingerprint density at radius 2 is 1.81 bits per heavy atom. The van der Waals surface area contributed by atoms with Crippen molar-refractivity contribution in [2.45, 2.75) is 6.18 Å². The molecule has 0 atom stereocenters. The molecule has 2 rings (SSSR count). The summed E-state index contributed by atoms with van der Waals surface area (Å²) < 4.78 is 38.8. The van der Waals surface area contributed by atoms with Gasteiger partial charge in [0, 0.05) is 22.4 Å². The van der Waals surface area contributed by atoms with E-state index in [9.17, 15) is 13.2 Å². The highest BCUT2D eigenvalue weighted by Gasteiger charge is 2.33. The minimum atomic E-state index is -4.43. The van der Waals surface area contributed by atoms with Crippen LogP contribution in [0.5, 0.6) is 0 Å². The van der Waals surface area contributed by atoms with Crippen molar-refractivity contribution >= 4 is 42.2 Å². The zero-order valence-electron chi connectivity index (χ0n) is 10.3. The minimum Gasteiger partial charge on any atom is -0.277 e. The predicted octanol–water partition coefficient (Wildman–Crippen LogP) is 5.03. The summed E-state index contributed by atoms with van der Waals surface area (Å²) in [5, 5.41) is 3.99. The van der Waals surface area contributed by atoms with Crippen LogP contribution in [0.2, 0.25) is 0 Å². The van der Waals surface area contributed by atoms with E-state index in [1.165, 1.54) is 12.1 Å². The van der Waals surface area contributed by atoms with E-state index in [0.29, 0.717) is 4.62 Å². The lowest BCUT2D eigenvalue weighted by atomic mass is 10.2. The second-order valence-corrected chi connectivity index (χ2v) is 5.55. The molecule has 0 aliphatic carbocycles. The summed E-state index contributed by atoms with van der Waals surface area (Å²) in [7, 11) is 0. The maximum absolute atomic E-state index is 12.8. The van der Waals surface area contributed by atoms with Gasteiger partial charge in [0.2, 0.25) is 0 Å². The predicted molar refractivity (Wildman–Crippen MR) is 82.5 cm³/mol. The van der Waals surface area contributed by atoms with Gasteiger partial charge in [0.05, 0.1) is 11.3 Å². The molecule has 1 N–H and O–H groups in total. The van der Waals surface area contributed by atoms with Crippen LogP contribution in [0, 0.1) is 0 Å². The van der Waals surface area contributed by atoms with Crippen LogP contribution in [0.25, 0.3) is 0 Å². The molecule has 0 saturated heterocycles. The average molecular weight is 423 g/mol. The van der Waals surface area contributed by atoms with Gasteiger partial charge in [0.1, 0.15) is 4.62 Å². The van der Waals surface area contributed by atoms with E-state index in [-0.39, 0.29) is 10.2 Å². The van der Waals surface area contributed by atoms with E-state index >= 15 is 0 Å². The Bertz CT molecular complexity index is 657. The van der Waals surface area contributed by atoms with Crippen LogP contribution >= 0.6 is 31.9 Å². The molecule has 110 valence electrons. The van der Waals surface area contributed by atoms with Gasteiger partial charge in [-0.05, 0) is 46.3 Å². The van der Waals surface area contributed by atoms with E-state index < -0.39 is 11.7 Å². The molecule has 0 aliphatic rings. The highest BCUT2D eigenvalue weighted by molar-refractivity contribution is 9.18. The molecular formula is C13H8Br2F3N3. The molecule has 2 aromatic rings. The summed E-state index contributed by atoms with van der Waals surface area (Å²) in [4.78, 5) is 3.87. The van der Waals surface area contributed by atoms with Crippen molar-refractivity contribution in [3.63, 3.8) is 0 Å². The third-order valence-corrected chi connectivity index (χ3v) is 3.80. The summed E-state index contributed by atoms with van der Waals surface area (Å²) in [6.07, 6.45) is -1.25. The topological polar surface area (TPSA) is 37.3 Å². The number of aromatic nitrogens is 1. The van der Waals surface area contributed by atoms with Crippen LogP contribution in [0.4, 0.5) is 18.9 Å². The summed E-state index contributed by atoms with van der Waals surface area (Å²) in [6.45, 7) is 0. The second-order valence-electron chi connectivity index (χ2n) is 3.94. The Morgan fingerprint density at radius 3 is 2.43 bits per heavy atom. The van der Waals surface area contributed by atoms with Crippen LogP contribution < -0.4 is 5.43 Å². The van der Waals surface area contributed by atoms with Crippen molar-refractivity contribution in [1.29, 1.82) is 0 Å². The molecule has 0 radical (unpaired) electrons. The van der Waals surface area contributed by atoms with E-state index in [1.807, 2.05) is 0 Å². The standard InChI is InChI=1S/C13H8Br2F3N3/c14-11-2-1-9(7-10(11)13(16,17)18)20-21-12(15)8-3-5-19-6-4-8/h1-7,20H. The number of halogens is 5. The molecule has 0 saturated carbocycles. The zero-order chi connectivity index (χ0) is 15.5. The van der Waals surface area contributed by atoms with Crippen LogP contribution in [0.3, 0.4) is 0 Å². The Balaban J connectivity index is 2.21. The molecule has 0 fully saturated rings. The van der Waals surface area contributed by atoms with Gasteiger partial charge in [-0.15, -0.1) is 0 Å². The summed E-state index contributed by atoms with van der Waals surface area (Å²) in [5.74, 6) is 0. The highest BCUT2D eigenvalue weighted by atomic mass is 79.9. The lowest BCUT2D eigenvalue weighted by molar-refractivity contribution is -0.138. The number of rotatable bonds is 3. The maximum Gasteiger partial charge on any atom is 0.417 e. The number of hydrogen-bond donors (Lipinski definition) is 1. The first-order valence-corrected chi connectivity index (χ1v) is 7.23. The maximum atomic E-state index is 12.8. The Morgan fingerprint density at radius 1 is 1.14 bits per heavy atom. The third kappa shape index (κ3) is 4.28. The Hall–Kier alpha value is -1.41. The monoisotopic (exact) mass is 421 g/mol. The molecule has 1 heterocycles. The molecule has 3 nitrogen and oxygen atoms in total.